The van der Waals surface area contributed by atoms with Gasteiger partial charge in [0, 0.05) is 23.4 Å². The summed E-state index contributed by atoms with van der Waals surface area (Å²) >= 11 is 0. The number of carbonyl (C=O) groups is 3. The van der Waals surface area contributed by atoms with Gasteiger partial charge < -0.3 is 10.4 Å². The summed E-state index contributed by atoms with van der Waals surface area (Å²) in [4.78, 5) is 35.9. The van der Waals surface area contributed by atoms with Crippen LogP contribution in [0.5, 0.6) is 0 Å². The molecule has 7 nitrogen and oxygen atoms in total. The molecule has 0 bridgehead atoms. The average Bonchev–Trinajstić information content (AvgIpc) is 3.14. The fraction of sp³-hybridized carbons (Fsp3) is 0.174. The summed E-state index contributed by atoms with van der Waals surface area (Å²) in [6.45, 7) is 1.90. The van der Waals surface area contributed by atoms with Crippen molar-refractivity contribution in [3.8, 4) is 11.3 Å². The number of alkyl halides is 3. The van der Waals surface area contributed by atoms with E-state index >= 15 is 0 Å². The highest BCUT2D eigenvalue weighted by molar-refractivity contribution is 6.42. The number of aliphatic carboxylic acids is 1. The van der Waals surface area contributed by atoms with Gasteiger partial charge in [-0.05, 0) is 37.3 Å². The molecule has 10 heteroatoms. The zero-order chi connectivity index (χ0) is 24.2. The standard InChI is InChI=1S/C23H20F3N3O4/c1-14-5-7-15(8-6-14)19-11-9-18(10-12-20(30)31)29(19)28-22(33)21(32)27-17-4-2-3-16(13-17)23(24,25)26/h2-9,11,13H,10,12H2,1H3,(H,27,32)(H,28,33)(H,30,31). The van der Waals surface area contributed by atoms with Gasteiger partial charge in [0.2, 0.25) is 0 Å². The highest BCUT2D eigenvalue weighted by Crippen LogP contribution is 2.30. The first-order chi connectivity index (χ1) is 15.5. The summed E-state index contributed by atoms with van der Waals surface area (Å²) in [5.41, 5.74) is 3.91. The number of nitrogens with one attached hydrogen (secondary N) is 2. The molecule has 0 aliphatic heterocycles. The SMILES string of the molecule is Cc1ccc(-c2ccc(CCC(=O)O)n2NC(=O)C(=O)Nc2cccc(C(F)(F)F)c2)cc1. The summed E-state index contributed by atoms with van der Waals surface area (Å²) in [6, 6.07) is 14.5. The van der Waals surface area contributed by atoms with Gasteiger partial charge in [0.25, 0.3) is 0 Å². The lowest BCUT2D eigenvalue weighted by Gasteiger charge is -2.15. The number of hydrogen-bond donors (Lipinski definition) is 3. The summed E-state index contributed by atoms with van der Waals surface area (Å²) in [5.74, 6) is -3.34. The van der Waals surface area contributed by atoms with Crippen LogP contribution in [0.3, 0.4) is 0 Å². The van der Waals surface area contributed by atoms with Crippen LogP contribution in [0.4, 0.5) is 18.9 Å². The number of nitrogens with zero attached hydrogens (tertiary/aromatic N) is 1. The molecular formula is C23H20F3N3O4. The molecule has 2 aromatic carbocycles. The first kappa shape index (κ1) is 23.6. The first-order valence-corrected chi connectivity index (χ1v) is 9.83. The number of aryl methyl sites for hydroxylation is 2. The van der Waals surface area contributed by atoms with E-state index < -0.39 is 29.5 Å². The smallest absolute Gasteiger partial charge is 0.416 e. The lowest BCUT2D eigenvalue weighted by Crippen LogP contribution is -2.35. The molecule has 0 saturated carbocycles. The van der Waals surface area contributed by atoms with Gasteiger partial charge in [-0.1, -0.05) is 35.9 Å². The van der Waals surface area contributed by atoms with Crippen LogP contribution in [0.25, 0.3) is 11.3 Å². The third kappa shape index (κ3) is 6.00. The molecule has 0 aliphatic carbocycles. The predicted octanol–water partition coefficient (Wildman–Crippen LogP) is 4.21. The Morgan fingerprint density at radius 3 is 2.30 bits per heavy atom. The first-order valence-electron chi connectivity index (χ1n) is 9.83. The van der Waals surface area contributed by atoms with Crippen LogP contribution in [-0.4, -0.2) is 27.6 Å². The molecule has 0 aliphatic rings. The summed E-state index contributed by atoms with van der Waals surface area (Å²) in [5, 5.41) is 11.1. The van der Waals surface area contributed by atoms with Gasteiger partial charge in [0.15, 0.2) is 0 Å². The van der Waals surface area contributed by atoms with Crippen LogP contribution in [0.1, 0.15) is 23.2 Å². The van der Waals surface area contributed by atoms with Crippen LogP contribution >= 0.6 is 0 Å². The number of amides is 2. The third-order valence-corrected chi connectivity index (χ3v) is 4.77. The number of carboxylic acid groups (broad SMARTS) is 1. The molecular weight excluding hydrogens is 439 g/mol. The second-order valence-electron chi connectivity index (χ2n) is 7.28. The minimum atomic E-state index is -4.60. The minimum absolute atomic E-state index is 0.0801. The van der Waals surface area contributed by atoms with Crippen molar-refractivity contribution in [3.63, 3.8) is 0 Å². The molecule has 2 amide bonds. The second kappa shape index (κ2) is 9.60. The van der Waals surface area contributed by atoms with E-state index in [-0.39, 0.29) is 18.5 Å². The highest BCUT2D eigenvalue weighted by atomic mass is 19.4. The number of halogens is 3. The van der Waals surface area contributed by atoms with Gasteiger partial charge in [-0.3, -0.25) is 24.5 Å². The van der Waals surface area contributed by atoms with Crippen molar-refractivity contribution in [3.05, 3.63) is 77.5 Å². The number of aromatic nitrogens is 1. The maximum absolute atomic E-state index is 12.9. The maximum Gasteiger partial charge on any atom is 0.416 e. The van der Waals surface area contributed by atoms with Crippen LogP contribution in [0, 0.1) is 6.92 Å². The van der Waals surface area contributed by atoms with E-state index in [1.54, 1.807) is 24.3 Å². The Hall–Kier alpha value is -4.08. The summed E-state index contributed by atoms with van der Waals surface area (Å²) in [6.07, 6.45) is -4.73. The van der Waals surface area contributed by atoms with Gasteiger partial charge in [-0.2, -0.15) is 13.2 Å². The van der Waals surface area contributed by atoms with Crippen LogP contribution < -0.4 is 10.7 Å². The number of benzene rings is 2. The lowest BCUT2D eigenvalue weighted by atomic mass is 10.1. The molecule has 0 unspecified atom stereocenters. The molecule has 3 N–H and O–H groups in total. The van der Waals surface area contributed by atoms with Crippen LogP contribution in [0.15, 0.2) is 60.7 Å². The van der Waals surface area contributed by atoms with E-state index in [1.165, 1.54) is 10.7 Å². The monoisotopic (exact) mass is 459 g/mol. The van der Waals surface area contributed by atoms with Gasteiger partial charge in [0.1, 0.15) is 0 Å². The van der Waals surface area contributed by atoms with E-state index in [4.69, 9.17) is 5.11 Å². The molecule has 3 rings (SSSR count). The van der Waals surface area contributed by atoms with Gasteiger partial charge in [-0.25, -0.2) is 0 Å². The van der Waals surface area contributed by atoms with E-state index in [9.17, 15) is 27.6 Å². The van der Waals surface area contributed by atoms with Crippen molar-refractivity contribution < 1.29 is 32.7 Å². The van der Waals surface area contributed by atoms with E-state index in [0.29, 0.717) is 17.0 Å². The van der Waals surface area contributed by atoms with E-state index in [2.05, 4.69) is 10.7 Å². The topological polar surface area (TPSA) is 100 Å². The molecule has 0 spiro atoms. The lowest BCUT2D eigenvalue weighted by molar-refractivity contribution is -0.138. The quantitative estimate of drug-likeness (QED) is 0.481. The van der Waals surface area contributed by atoms with Crippen molar-refractivity contribution in [1.82, 2.24) is 4.68 Å². The average molecular weight is 459 g/mol. The highest BCUT2D eigenvalue weighted by Gasteiger charge is 2.30. The number of anilines is 1. The Morgan fingerprint density at radius 1 is 0.970 bits per heavy atom. The van der Waals surface area contributed by atoms with Gasteiger partial charge >= 0.3 is 24.0 Å². The van der Waals surface area contributed by atoms with Gasteiger partial charge in [0.05, 0.1) is 17.7 Å². The predicted molar refractivity (Wildman–Crippen MR) is 115 cm³/mol. The molecule has 33 heavy (non-hydrogen) atoms. The molecule has 3 aromatic rings. The zero-order valence-corrected chi connectivity index (χ0v) is 17.4. The Balaban J connectivity index is 1.84. The van der Waals surface area contributed by atoms with Crippen molar-refractivity contribution in [2.45, 2.75) is 25.9 Å². The molecule has 0 atom stereocenters. The third-order valence-electron chi connectivity index (χ3n) is 4.77. The fourth-order valence-corrected chi connectivity index (χ4v) is 3.10. The number of carboxylic acids is 1. The molecule has 172 valence electrons. The molecule has 0 saturated heterocycles. The van der Waals surface area contributed by atoms with Crippen molar-refractivity contribution >= 4 is 23.5 Å². The van der Waals surface area contributed by atoms with Crippen LogP contribution in [-0.2, 0) is 27.0 Å². The normalized spacial score (nSPS) is 11.2. The zero-order valence-electron chi connectivity index (χ0n) is 17.4. The number of rotatable bonds is 6. The summed E-state index contributed by atoms with van der Waals surface area (Å²) < 4.78 is 40.0. The minimum Gasteiger partial charge on any atom is -0.481 e. The summed E-state index contributed by atoms with van der Waals surface area (Å²) in [7, 11) is 0. The van der Waals surface area contributed by atoms with E-state index in [0.717, 1.165) is 23.8 Å². The second-order valence-corrected chi connectivity index (χ2v) is 7.28. The Kier molecular flexibility index (Phi) is 6.86. The number of hydrogen-bond acceptors (Lipinski definition) is 3. The van der Waals surface area contributed by atoms with Crippen LogP contribution in [0.2, 0.25) is 0 Å². The Morgan fingerprint density at radius 2 is 1.67 bits per heavy atom. The molecule has 0 fully saturated rings. The Labute approximate surface area is 186 Å². The van der Waals surface area contributed by atoms with Gasteiger partial charge in [-0.15, -0.1) is 0 Å². The van der Waals surface area contributed by atoms with Crippen molar-refractivity contribution in [2.75, 3.05) is 10.7 Å². The largest absolute Gasteiger partial charge is 0.481 e. The van der Waals surface area contributed by atoms with Crippen molar-refractivity contribution in [1.29, 1.82) is 0 Å². The van der Waals surface area contributed by atoms with Crippen molar-refractivity contribution in [2.24, 2.45) is 0 Å². The van der Waals surface area contributed by atoms with E-state index in [1.807, 2.05) is 19.1 Å². The molecule has 0 radical (unpaired) electrons. The number of carbonyl (C=O) groups excluding carboxylic acids is 2. The molecule has 1 aromatic heterocycles. The fourth-order valence-electron chi connectivity index (χ4n) is 3.10. The Bertz CT molecular complexity index is 1180. The maximum atomic E-state index is 12.9. The molecule has 1 heterocycles.